The lowest BCUT2D eigenvalue weighted by Crippen LogP contribution is -2.22. The minimum absolute atomic E-state index is 0.184. The summed E-state index contributed by atoms with van der Waals surface area (Å²) < 4.78 is 0. The molecular weight excluding hydrogens is 661 g/mol. The Kier molecular flexibility index (Phi) is 13.0. The SMILES string of the molecule is CCCCCCC1=C2NC(=C(c3ccc(C(=O)O)cc3)c3ccc([nH]3)C(CCCCCC)=c3ccc([nH]3)=C(CCCCCC)c3ccc1[nH]3)[C@@H](O)[C@H]2O. The summed E-state index contributed by atoms with van der Waals surface area (Å²) in [6.07, 6.45) is 13.7. The number of allylic oxidation sites excluding steroid dienone is 1. The number of hydrogen-bond donors (Lipinski definition) is 7. The molecule has 6 rings (SSSR count). The highest BCUT2D eigenvalue weighted by atomic mass is 16.4. The molecule has 2 atom stereocenters. The van der Waals surface area contributed by atoms with Gasteiger partial charge in [0.05, 0.1) is 17.0 Å². The van der Waals surface area contributed by atoms with Crippen LogP contribution in [0.15, 0.2) is 72.1 Å². The fraction of sp³-hybridized carbons (Fsp3) is 0.444. The minimum Gasteiger partial charge on any atom is -0.478 e. The molecule has 1 aromatic carbocycles. The van der Waals surface area contributed by atoms with Gasteiger partial charge in [-0.2, -0.15) is 0 Å². The molecule has 282 valence electrons. The number of fused-ring (bicyclic) bond motifs is 8. The van der Waals surface area contributed by atoms with Crippen molar-refractivity contribution in [3.63, 3.8) is 0 Å². The van der Waals surface area contributed by atoms with Gasteiger partial charge < -0.3 is 35.6 Å². The molecule has 4 aromatic rings. The minimum atomic E-state index is -1.22. The largest absolute Gasteiger partial charge is 0.478 e. The lowest BCUT2D eigenvalue weighted by Gasteiger charge is -2.15. The first-order valence-electron chi connectivity index (χ1n) is 20.1. The number of aliphatic hydroxyl groups excluding tert-OH is 2. The summed E-state index contributed by atoms with van der Waals surface area (Å²) in [5.41, 5.74) is 9.90. The van der Waals surface area contributed by atoms with Crippen molar-refractivity contribution >= 4 is 28.3 Å². The molecule has 0 saturated carbocycles. The summed E-state index contributed by atoms with van der Waals surface area (Å²) in [6.45, 7) is 6.68. The Morgan fingerprint density at radius 1 is 0.528 bits per heavy atom. The second-order valence-electron chi connectivity index (χ2n) is 14.8. The van der Waals surface area contributed by atoms with E-state index in [1.807, 2.05) is 6.07 Å². The van der Waals surface area contributed by atoms with E-state index in [0.717, 1.165) is 109 Å². The number of carboxylic acids is 1. The van der Waals surface area contributed by atoms with Gasteiger partial charge in [-0.1, -0.05) is 90.7 Å². The van der Waals surface area contributed by atoms with Gasteiger partial charge in [0, 0.05) is 39.0 Å². The van der Waals surface area contributed by atoms with Gasteiger partial charge >= 0.3 is 5.97 Å². The van der Waals surface area contributed by atoms with Gasteiger partial charge in [0.15, 0.2) is 0 Å². The molecule has 8 bridgehead atoms. The van der Waals surface area contributed by atoms with Crippen LogP contribution in [0.3, 0.4) is 0 Å². The van der Waals surface area contributed by atoms with Crippen LogP contribution in [0.2, 0.25) is 0 Å². The van der Waals surface area contributed by atoms with Crippen molar-refractivity contribution < 1.29 is 20.1 Å². The lowest BCUT2D eigenvalue weighted by atomic mass is 9.96. The van der Waals surface area contributed by atoms with Crippen LogP contribution in [-0.4, -0.2) is 48.4 Å². The number of H-pyrrole nitrogens is 3. The molecular formula is C45H58N4O4. The number of aromatic nitrogens is 3. The van der Waals surface area contributed by atoms with Crippen LogP contribution < -0.4 is 16.0 Å². The number of carbonyl (C=O) groups is 1. The van der Waals surface area contributed by atoms with E-state index in [2.05, 4.69) is 71.4 Å². The standard InChI is InChI=1S/C45H58N4O4/c1-4-7-10-13-16-31-34-23-24-35(46-34)32(17-14-11-8-5-2)37-27-28-39(48-37)40(29-19-21-30(22-20-29)45(52)53)42-44(51)43(50)41(49-42)33(18-15-12-9-6-3)38-26-25-36(31)47-38/h19-28,43-44,46-51H,4-18H2,1-3H3,(H,52,53)/t43-,44+/m0/s1. The Balaban J connectivity index is 1.60. The van der Waals surface area contributed by atoms with E-state index < -0.39 is 18.2 Å². The second kappa shape index (κ2) is 18.0. The first kappa shape index (κ1) is 38.2. The molecule has 1 saturated heterocycles. The number of aromatic amines is 3. The second-order valence-corrected chi connectivity index (χ2v) is 14.8. The zero-order chi connectivity index (χ0) is 37.3. The number of benzene rings is 1. The number of unbranched alkanes of at least 4 members (excludes halogenated alkanes) is 9. The summed E-state index contributed by atoms with van der Waals surface area (Å²) in [5.74, 6) is -0.999. The summed E-state index contributed by atoms with van der Waals surface area (Å²) in [6, 6.07) is 19.6. The molecule has 2 aliphatic rings. The van der Waals surface area contributed by atoms with Crippen molar-refractivity contribution in [3.8, 4) is 0 Å². The van der Waals surface area contributed by atoms with Crippen molar-refractivity contribution in [2.45, 2.75) is 129 Å². The third-order valence-corrected chi connectivity index (χ3v) is 11.0. The molecule has 0 amide bonds. The molecule has 8 nitrogen and oxygen atoms in total. The number of nitrogens with one attached hydrogen (secondary N) is 4. The van der Waals surface area contributed by atoms with Gasteiger partial charge in [-0.3, -0.25) is 0 Å². The van der Waals surface area contributed by atoms with Crippen LogP contribution in [-0.2, 0) is 0 Å². The third kappa shape index (κ3) is 8.66. The third-order valence-electron chi connectivity index (χ3n) is 11.0. The van der Waals surface area contributed by atoms with Gasteiger partial charge in [0.2, 0.25) is 0 Å². The predicted octanol–water partition coefficient (Wildman–Crippen LogP) is 8.49. The van der Waals surface area contributed by atoms with E-state index in [1.54, 1.807) is 24.3 Å². The molecule has 2 aliphatic heterocycles. The van der Waals surface area contributed by atoms with Crippen molar-refractivity contribution in [2.24, 2.45) is 0 Å². The molecule has 5 heterocycles. The summed E-state index contributed by atoms with van der Waals surface area (Å²) in [7, 11) is 0. The molecule has 8 heteroatoms. The quantitative estimate of drug-likeness (QED) is 0.0550. The van der Waals surface area contributed by atoms with E-state index in [9.17, 15) is 20.1 Å². The van der Waals surface area contributed by atoms with Crippen LogP contribution >= 0.6 is 0 Å². The Hall–Kier alpha value is -4.53. The maximum atomic E-state index is 11.9. The van der Waals surface area contributed by atoms with Crippen molar-refractivity contribution in [1.82, 2.24) is 20.3 Å². The van der Waals surface area contributed by atoms with E-state index in [4.69, 9.17) is 0 Å². The molecule has 3 aromatic heterocycles. The van der Waals surface area contributed by atoms with Gasteiger partial charge in [0.1, 0.15) is 12.2 Å². The smallest absolute Gasteiger partial charge is 0.335 e. The van der Waals surface area contributed by atoms with Crippen LogP contribution in [0, 0.1) is 0 Å². The molecule has 7 N–H and O–H groups in total. The molecule has 0 radical (unpaired) electrons. The highest BCUT2D eigenvalue weighted by Crippen LogP contribution is 2.38. The highest BCUT2D eigenvalue weighted by Gasteiger charge is 2.38. The van der Waals surface area contributed by atoms with E-state index >= 15 is 0 Å². The fourth-order valence-corrected chi connectivity index (χ4v) is 7.95. The van der Waals surface area contributed by atoms with Gasteiger partial charge in [-0.25, -0.2) is 4.79 Å². The first-order valence-corrected chi connectivity index (χ1v) is 20.1. The topological polar surface area (TPSA) is 137 Å². The summed E-state index contributed by atoms with van der Waals surface area (Å²) in [5, 5.41) is 39.1. The lowest BCUT2D eigenvalue weighted by molar-refractivity contribution is 0.0697. The number of aliphatic hydroxyl groups is 2. The zero-order valence-electron chi connectivity index (χ0n) is 31.8. The van der Waals surface area contributed by atoms with Crippen LogP contribution in [0.5, 0.6) is 0 Å². The Morgan fingerprint density at radius 2 is 0.981 bits per heavy atom. The average Bonchev–Trinajstić information content (AvgIpc) is 3.99. The van der Waals surface area contributed by atoms with E-state index in [1.165, 1.54) is 43.3 Å². The fourth-order valence-electron chi connectivity index (χ4n) is 7.95. The van der Waals surface area contributed by atoms with Gasteiger partial charge in [0.25, 0.3) is 0 Å². The predicted molar refractivity (Wildman–Crippen MR) is 214 cm³/mol. The van der Waals surface area contributed by atoms with E-state index in [0.29, 0.717) is 17.0 Å². The Morgan fingerprint density at radius 3 is 1.49 bits per heavy atom. The number of hydrogen-bond acceptors (Lipinski definition) is 4. The zero-order valence-corrected chi connectivity index (χ0v) is 31.8. The number of rotatable bonds is 17. The van der Waals surface area contributed by atoms with Crippen molar-refractivity contribution in [3.05, 3.63) is 117 Å². The molecule has 53 heavy (non-hydrogen) atoms. The monoisotopic (exact) mass is 718 g/mol. The van der Waals surface area contributed by atoms with E-state index in [-0.39, 0.29) is 5.56 Å². The number of aromatic carboxylic acids is 1. The number of carboxylic acid groups (broad SMARTS) is 1. The van der Waals surface area contributed by atoms with Crippen molar-refractivity contribution in [1.29, 1.82) is 0 Å². The first-order chi connectivity index (χ1) is 25.8. The van der Waals surface area contributed by atoms with Crippen LogP contribution in [0.4, 0.5) is 0 Å². The van der Waals surface area contributed by atoms with Gasteiger partial charge in [-0.05, 0) is 109 Å². The van der Waals surface area contributed by atoms with Crippen molar-refractivity contribution in [2.75, 3.05) is 0 Å². The van der Waals surface area contributed by atoms with Crippen LogP contribution in [0.25, 0.3) is 22.3 Å². The Bertz CT molecular complexity index is 2040. The molecule has 0 aliphatic carbocycles. The Labute approximate surface area is 313 Å². The summed E-state index contributed by atoms with van der Waals surface area (Å²) in [4.78, 5) is 23.1. The molecule has 1 fully saturated rings. The molecule has 0 spiro atoms. The molecule has 0 unspecified atom stereocenters. The van der Waals surface area contributed by atoms with Gasteiger partial charge in [-0.15, -0.1) is 0 Å². The normalized spacial score (nSPS) is 17.2. The summed E-state index contributed by atoms with van der Waals surface area (Å²) >= 11 is 0. The van der Waals surface area contributed by atoms with Crippen LogP contribution in [0.1, 0.15) is 156 Å². The maximum Gasteiger partial charge on any atom is 0.335 e. The maximum absolute atomic E-state index is 11.9. The average molecular weight is 719 g/mol. The highest BCUT2D eigenvalue weighted by molar-refractivity contribution is 5.89.